The highest BCUT2D eigenvalue weighted by Gasteiger charge is 2.11. The van der Waals surface area contributed by atoms with E-state index in [-0.39, 0.29) is 12.3 Å². The highest BCUT2D eigenvalue weighted by molar-refractivity contribution is 5.91. The predicted octanol–water partition coefficient (Wildman–Crippen LogP) is 3.75. The molecule has 122 valence electrons. The number of amides is 1. The second-order valence-electron chi connectivity index (χ2n) is 4.68. The molecule has 0 aliphatic carbocycles. The zero-order chi connectivity index (χ0) is 16.8. The maximum Gasteiger partial charge on any atom is 0.387 e. The van der Waals surface area contributed by atoms with Crippen molar-refractivity contribution < 1.29 is 27.4 Å². The average Bonchev–Trinajstić information content (AvgIpc) is 2.48. The molecule has 7 heteroatoms. The fraction of sp³-hybridized carbons (Fsp3) is 0.188. The van der Waals surface area contributed by atoms with Crippen LogP contribution in [0.3, 0.4) is 0 Å². The summed E-state index contributed by atoms with van der Waals surface area (Å²) in [5.41, 5.74) is 1.10. The molecule has 0 atom stereocenters. The Balaban J connectivity index is 1.91. The summed E-state index contributed by atoms with van der Waals surface area (Å²) in [6, 6.07) is 10.3. The lowest BCUT2D eigenvalue weighted by molar-refractivity contribution is -0.118. The first kappa shape index (κ1) is 16.7. The molecule has 0 saturated heterocycles. The summed E-state index contributed by atoms with van der Waals surface area (Å²) >= 11 is 0. The molecule has 0 bridgehead atoms. The number of carbonyl (C=O) groups excluding carboxylic acids is 1. The molecule has 1 N–H and O–H groups in total. The molecule has 23 heavy (non-hydrogen) atoms. The van der Waals surface area contributed by atoms with Crippen LogP contribution in [0, 0.1) is 12.7 Å². The second-order valence-corrected chi connectivity index (χ2v) is 4.68. The van der Waals surface area contributed by atoms with Gasteiger partial charge < -0.3 is 14.8 Å². The zero-order valence-corrected chi connectivity index (χ0v) is 12.2. The molecular formula is C16H14F3NO3. The maximum absolute atomic E-state index is 13.5. The lowest BCUT2D eigenvalue weighted by Crippen LogP contribution is -2.20. The summed E-state index contributed by atoms with van der Waals surface area (Å²) in [4.78, 5) is 11.7. The molecular weight excluding hydrogens is 311 g/mol. The maximum atomic E-state index is 13.5. The summed E-state index contributed by atoms with van der Waals surface area (Å²) in [5.74, 6) is -1.56. The molecule has 0 spiro atoms. The van der Waals surface area contributed by atoms with Crippen LogP contribution in [0.5, 0.6) is 11.5 Å². The van der Waals surface area contributed by atoms with E-state index in [1.165, 1.54) is 6.07 Å². The van der Waals surface area contributed by atoms with Crippen molar-refractivity contribution in [2.45, 2.75) is 13.5 Å². The number of aryl methyl sites for hydroxylation is 1. The molecule has 0 aliphatic rings. The van der Waals surface area contributed by atoms with E-state index in [1.807, 2.05) is 13.0 Å². The fourth-order valence-corrected chi connectivity index (χ4v) is 1.82. The predicted molar refractivity (Wildman–Crippen MR) is 78.3 cm³/mol. The van der Waals surface area contributed by atoms with E-state index in [1.54, 1.807) is 18.2 Å². The standard InChI is InChI=1S/C16H14F3NO3/c1-10-3-2-4-12(7-10)22-9-15(21)20-11-5-6-14(13(17)8-11)23-16(18)19/h2-8,16H,9H2,1H3,(H,20,21). The van der Waals surface area contributed by atoms with Gasteiger partial charge in [-0.05, 0) is 36.8 Å². The number of hydrogen-bond donors (Lipinski definition) is 1. The van der Waals surface area contributed by atoms with E-state index in [2.05, 4.69) is 10.1 Å². The molecule has 0 unspecified atom stereocenters. The Morgan fingerprint density at radius 2 is 2.00 bits per heavy atom. The summed E-state index contributed by atoms with van der Waals surface area (Å²) in [6.07, 6.45) is 0. The lowest BCUT2D eigenvalue weighted by atomic mass is 10.2. The summed E-state index contributed by atoms with van der Waals surface area (Å²) in [7, 11) is 0. The molecule has 0 aliphatic heterocycles. The topological polar surface area (TPSA) is 47.6 Å². The van der Waals surface area contributed by atoms with E-state index < -0.39 is 24.1 Å². The Bertz CT molecular complexity index is 692. The monoisotopic (exact) mass is 325 g/mol. The van der Waals surface area contributed by atoms with Crippen molar-refractivity contribution in [3.05, 3.63) is 53.8 Å². The minimum absolute atomic E-state index is 0.113. The van der Waals surface area contributed by atoms with Crippen molar-refractivity contribution >= 4 is 11.6 Å². The van der Waals surface area contributed by atoms with Gasteiger partial charge in [0.2, 0.25) is 0 Å². The number of anilines is 1. The minimum Gasteiger partial charge on any atom is -0.484 e. The van der Waals surface area contributed by atoms with E-state index in [0.29, 0.717) is 5.75 Å². The van der Waals surface area contributed by atoms with Crippen LogP contribution in [-0.4, -0.2) is 19.1 Å². The van der Waals surface area contributed by atoms with Gasteiger partial charge in [0.15, 0.2) is 18.2 Å². The first-order valence-corrected chi connectivity index (χ1v) is 6.68. The number of carbonyl (C=O) groups is 1. The number of alkyl halides is 2. The second kappa shape index (κ2) is 7.53. The molecule has 1 amide bonds. The third-order valence-corrected chi connectivity index (χ3v) is 2.79. The van der Waals surface area contributed by atoms with Crippen molar-refractivity contribution in [1.29, 1.82) is 0 Å². The summed E-state index contributed by atoms with van der Waals surface area (Å²) in [6.45, 7) is -1.49. The van der Waals surface area contributed by atoms with Crippen LogP contribution in [0.1, 0.15) is 5.56 Å². The quantitative estimate of drug-likeness (QED) is 0.880. The van der Waals surface area contributed by atoms with Crippen LogP contribution in [-0.2, 0) is 4.79 Å². The van der Waals surface area contributed by atoms with Crippen LogP contribution in [0.25, 0.3) is 0 Å². The van der Waals surface area contributed by atoms with Crippen LogP contribution < -0.4 is 14.8 Å². The third-order valence-electron chi connectivity index (χ3n) is 2.79. The average molecular weight is 325 g/mol. The van der Waals surface area contributed by atoms with E-state index in [9.17, 15) is 18.0 Å². The van der Waals surface area contributed by atoms with Gasteiger partial charge in [-0.25, -0.2) is 4.39 Å². The normalized spacial score (nSPS) is 10.5. The number of benzene rings is 2. The Kier molecular flexibility index (Phi) is 5.46. The van der Waals surface area contributed by atoms with Gasteiger partial charge in [0.1, 0.15) is 5.75 Å². The molecule has 2 aromatic rings. The van der Waals surface area contributed by atoms with Gasteiger partial charge in [0.25, 0.3) is 5.91 Å². The third kappa shape index (κ3) is 5.21. The van der Waals surface area contributed by atoms with Crippen molar-refractivity contribution in [2.24, 2.45) is 0 Å². The van der Waals surface area contributed by atoms with Crippen LogP contribution in [0.15, 0.2) is 42.5 Å². The first-order valence-electron chi connectivity index (χ1n) is 6.68. The highest BCUT2D eigenvalue weighted by atomic mass is 19.3. The molecule has 0 heterocycles. The van der Waals surface area contributed by atoms with Crippen LogP contribution >= 0.6 is 0 Å². The van der Waals surface area contributed by atoms with Crippen LogP contribution in [0.4, 0.5) is 18.9 Å². The van der Waals surface area contributed by atoms with Gasteiger partial charge in [-0.1, -0.05) is 12.1 Å². The van der Waals surface area contributed by atoms with E-state index in [0.717, 1.165) is 17.7 Å². The van der Waals surface area contributed by atoms with Gasteiger partial charge in [-0.15, -0.1) is 0 Å². The van der Waals surface area contributed by atoms with Crippen molar-refractivity contribution in [1.82, 2.24) is 0 Å². The largest absolute Gasteiger partial charge is 0.484 e. The van der Waals surface area contributed by atoms with Crippen molar-refractivity contribution in [3.63, 3.8) is 0 Å². The van der Waals surface area contributed by atoms with Crippen LogP contribution in [0.2, 0.25) is 0 Å². The molecule has 4 nitrogen and oxygen atoms in total. The van der Waals surface area contributed by atoms with Gasteiger partial charge in [-0.2, -0.15) is 8.78 Å². The molecule has 0 aromatic heterocycles. The zero-order valence-electron chi connectivity index (χ0n) is 12.2. The number of rotatable bonds is 6. The number of nitrogens with one attached hydrogen (secondary N) is 1. The molecule has 2 aromatic carbocycles. The Morgan fingerprint density at radius 1 is 1.22 bits per heavy atom. The smallest absolute Gasteiger partial charge is 0.387 e. The van der Waals surface area contributed by atoms with E-state index >= 15 is 0 Å². The number of ether oxygens (including phenoxy) is 2. The van der Waals surface area contributed by atoms with Gasteiger partial charge in [0.05, 0.1) is 0 Å². The first-order chi connectivity index (χ1) is 10.9. The fourth-order valence-electron chi connectivity index (χ4n) is 1.82. The Morgan fingerprint density at radius 3 is 2.65 bits per heavy atom. The molecule has 0 radical (unpaired) electrons. The summed E-state index contributed by atoms with van der Waals surface area (Å²) in [5, 5.41) is 2.40. The lowest BCUT2D eigenvalue weighted by Gasteiger charge is -2.10. The SMILES string of the molecule is Cc1cccc(OCC(=O)Nc2ccc(OC(F)F)c(F)c2)c1. The van der Waals surface area contributed by atoms with Crippen molar-refractivity contribution in [3.8, 4) is 11.5 Å². The molecule has 2 rings (SSSR count). The minimum atomic E-state index is -3.12. The number of hydrogen-bond acceptors (Lipinski definition) is 3. The van der Waals surface area contributed by atoms with E-state index in [4.69, 9.17) is 4.74 Å². The Labute approximate surface area is 130 Å². The van der Waals surface area contributed by atoms with Gasteiger partial charge >= 0.3 is 6.61 Å². The summed E-state index contributed by atoms with van der Waals surface area (Å²) < 4.78 is 46.8. The number of halogens is 3. The van der Waals surface area contributed by atoms with Gasteiger partial charge in [-0.3, -0.25) is 4.79 Å². The van der Waals surface area contributed by atoms with Crippen molar-refractivity contribution in [2.75, 3.05) is 11.9 Å². The highest BCUT2D eigenvalue weighted by Crippen LogP contribution is 2.22. The Hall–Kier alpha value is -2.70. The molecule has 0 fully saturated rings. The molecule has 0 saturated carbocycles. The van der Waals surface area contributed by atoms with Gasteiger partial charge in [0, 0.05) is 11.8 Å².